The maximum atomic E-state index is 12.9. The van der Waals surface area contributed by atoms with E-state index in [0.717, 1.165) is 26.2 Å². The summed E-state index contributed by atoms with van der Waals surface area (Å²) in [6.07, 6.45) is 0.644. The van der Waals surface area contributed by atoms with Crippen LogP contribution < -0.4 is 5.43 Å². The number of hydrogen-bond donors (Lipinski definition) is 1. The normalized spacial score (nSPS) is 16.2. The number of carbonyl (C=O) groups is 1. The number of halogens is 1. The molecule has 7 nitrogen and oxygen atoms in total. The molecule has 8 heteroatoms. The molecule has 1 aromatic carbocycles. The van der Waals surface area contributed by atoms with Gasteiger partial charge in [0.2, 0.25) is 17.6 Å². The molecule has 2 heterocycles. The van der Waals surface area contributed by atoms with E-state index in [1.165, 1.54) is 12.1 Å². The van der Waals surface area contributed by atoms with Crippen molar-refractivity contribution in [3.05, 3.63) is 36.0 Å². The van der Waals surface area contributed by atoms with Crippen molar-refractivity contribution in [1.29, 1.82) is 0 Å². The zero-order chi connectivity index (χ0) is 16.9. The smallest absolute Gasteiger partial charge is 0.234 e. The fourth-order valence-corrected chi connectivity index (χ4v) is 2.44. The Balaban J connectivity index is 1.48. The molecular weight excluding hydrogens is 313 g/mol. The van der Waals surface area contributed by atoms with Gasteiger partial charge in [-0.1, -0.05) is 5.16 Å². The van der Waals surface area contributed by atoms with Gasteiger partial charge in [0, 0.05) is 44.6 Å². The number of rotatable bonds is 5. The number of benzene rings is 1. The molecule has 1 aromatic heterocycles. The maximum absolute atomic E-state index is 12.9. The summed E-state index contributed by atoms with van der Waals surface area (Å²) in [4.78, 5) is 18.4. The summed E-state index contributed by atoms with van der Waals surface area (Å²) in [5.41, 5.74) is 3.56. The van der Waals surface area contributed by atoms with Crippen LogP contribution in [0.3, 0.4) is 0 Å². The number of amides is 1. The summed E-state index contributed by atoms with van der Waals surface area (Å²) in [7, 11) is 2.06. The van der Waals surface area contributed by atoms with E-state index in [-0.39, 0.29) is 18.1 Å². The van der Waals surface area contributed by atoms with Gasteiger partial charge in [0.05, 0.1) is 0 Å². The van der Waals surface area contributed by atoms with Crippen LogP contribution in [-0.4, -0.2) is 59.2 Å². The summed E-state index contributed by atoms with van der Waals surface area (Å²) in [5, 5.41) is 5.79. The minimum atomic E-state index is -0.317. The number of nitrogens with zero attached hydrogens (tertiary/aromatic N) is 4. The Morgan fingerprint density at radius 2 is 1.96 bits per heavy atom. The summed E-state index contributed by atoms with van der Waals surface area (Å²) in [6.45, 7) is 3.50. The summed E-state index contributed by atoms with van der Waals surface area (Å²) in [6, 6.07) is 5.86. The van der Waals surface area contributed by atoms with Crippen molar-refractivity contribution in [2.75, 3.05) is 33.2 Å². The van der Waals surface area contributed by atoms with E-state index in [1.807, 2.05) is 5.01 Å². The van der Waals surface area contributed by atoms with Gasteiger partial charge in [0.1, 0.15) is 5.82 Å². The van der Waals surface area contributed by atoms with Crippen molar-refractivity contribution in [3.63, 3.8) is 0 Å². The maximum Gasteiger partial charge on any atom is 0.234 e. The number of piperazine rings is 1. The molecule has 1 fully saturated rings. The molecule has 1 amide bonds. The molecule has 24 heavy (non-hydrogen) atoms. The van der Waals surface area contributed by atoms with Gasteiger partial charge in [-0.05, 0) is 31.3 Å². The highest BCUT2D eigenvalue weighted by Crippen LogP contribution is 2.16. The van der Waals surface area contributed by atoms with Crippen LogP contribution in [0.2, 0.25) is 0 Å². The highest BCUT2D eigenvalue weighted by atomic mass is 19.1. The quantitative estimate of drug-likeness (QED) is 0.883. The summed E-state index contributed by atoms with van der Waals surface area (Å²) >= 11 is 0. The SMILES string of the molecule is CN1CCN(NC(=O)CCc2nc(-c3ccc(F)cc3)no2)CC1. The second-order valence-corrected chi connectivity index (χ2v) is 5.84. The highest BCUT2D eigenvalue weighted by Gasteiger charge is 2.16. The van der Waals surface area contributed by atoms with E-state index in [9.17, 15) is 9.18 Å². The van der Waals surface area contributed by atoms with E-state index in [1.54, 1.807) is 12.1 Å². The number of carbonyl (C=O) groups excluding carboxylic acids is 1. The predicted molar refractivity (Wildman–Crippen MR) is 85.2 cm³/mol. The van der Waals surface area contributed by atoms with Crippen LogP contribution >= 0.6 is 0 Å². The Morgan fingerprint density at radius 1 is 1.25 bits per heavy atom. The first-order chi connectivity index (χ1) is 11.6. The van der Waals surface area contributed by atoms with Crippen molar-refractivity contribution < 1.29 is 13.7 Å². The number of likely N-dealkylation sites (N-methyl/N-ethyl adjacent to an activating group) is 1. The van der Waals surface area contributed by atoms with Crippen LogP contribution in [0.1, 0.15) is 12.3 Å². The average molecular weight is 333 g/mol. The molecule has 0 radical (unpaired) electrons. The third kappa shape index (κ3) is 4.36. The second-order valence-electron chi connectivity index (χ2n) is 5.84. The Labute approximate surface area is 139 Å². The van der Waals surface area contributed by atoms with Gasteiger partial charge >= 0.3 is 0 Å². The summed E-state index contributed by atoms with van der Waals surface area (Å²) in [5.74, 6) is 0.399. The lowest BCUT2D eigenvalue weighted by atomic mass is 10.2. The molecular formula is C16H20FN5O2. The minimum absolute atomic E-state index is 0.0684. The Hall–Kier alpha value is -2.32. The van der Waals surface area contributed by atoms with Crippen LogP contribution in [0.4, 0.5) is 4.39 Å². The minimum Gasteiger partial charge on any atom is -0.339 e. The molecule has 0 atom stereocenters. The third-order valence-corrected chi connectivity index (χ3v) is 3.92. The highest BCUT2D eigenvalue weighted by molar-refractivity contribution is 5.75. The van der Waals surface area contributed by atoms with Crippen molar-refractivity contribution in [3.8, 4) is 11.4 Å². The first-order valence-corrected chi connectivity index (χ1v) is 7.91. The monoisotopic (exact) mass is 333 g/mol. The Bertz CT molecular complexity index is 680. The number of aromatic nitrogens is 2. The zero-order valence-corrected chi connectivity index (χ0v) is 13.5. The molecule has 3 rings (SSSR count). The first-order valence-electron chi connectivity index (χ1n) is 7.91. The molecule has 1 aliphatic rings. The first kappa shape index (κ1) is 16.5. The van der Waals surface area contributed by atoms with Gasteiger partial charge in [-0.25, -0.2) is 9.40 Å². The van der Waals surface area contributed by atoms with Gasteiger partial charge in [-0.15, -0.1) is 0 Å². The molecule has 0 saturated carbocycles. The molecule has 0 spiro atoms. The predicted octanol–water partition coefficient (Wildman–Crippen LogP) is 1.09. The second kappa shape index (κ2) is 7.50. The van der Waals surface area contributed by atoms with E-state index in [2.05, 4.69) is 27.5 Å². The molecule has 0 aliphatic carbocycles. The third-order valence-electron chi connectivity index (χ3n) is 3.92. The largest absolute Gasteiger partial charge is 0.339 e. The zero-order valence-electron chi connectivity index (χ0n) is 13.5. The van der Waals surface area contributed by atoms with Crippen molar-refractivity contribution >= 4 is 5.91 Å². The lowest BCUT2D eigenvalue weighted by molar-refractivity contribution is -0.126. The number of hydrazine groups is 1. The summed E-state index contributed by atoms with van der Waals surface area (Å²) < 4.78 is 18.1. The standard InChI is InChI=1S/C16H20FN5O2/c1-21-8-10-22(11-9-21)19-14(23)6-7-15-18-16(20-24-15)12-2-4-13(17)5-3-12/h2-5H,6-11H2,1H3,(H,19,23). The lowest BCUT2D eigenvalue weighted by Gasteiger charge is -2.32. The topological polar surface area (TPSA) is 74.5 Å². The van der Waals surface area contributed by atoms with Crippen molar-refractivity contribution in [2.45, 2.75) is 12.8 Å². The molecule has 128 valence electrons. The van der Waals surface area contributed by atoms with Gasteiger partial charge in [0.15, 0.2) is 0 Å². The number of hydrogen-bond acceptors (Lipinski definition) is 6. The number of nitrogens with one attached hydrogen (secondary N) is 1. The van der Waals surface area contributed by atoms with Crippen LogP contribution in [-0.2, 0) is 11.2 Å². The van der Waals surface area contributed by atoms with Crippen LogP contribution in [0.15, 0.2) is 28.8 Å². The van der Waals surface area contributed by atoms with E-state index < -0.39 is 0 Å². The molecule has 0 unspecified atom stereocenters. The fourth-order valence-electron chi connectivity index (χ4n) is 2.44. The van der Waals surface area contributed by atoms with E-state index in [0.29, 0.717) is 23.7 Å². The molecule has 1 N–H and O–H groups in total. The molecule has 2 aromatic rings. The molecule has 0 bridgehead atoms. The van der Waals surface area contributed by atoms with Crippen molar-refractivity contribution in [2.24, 2.45) is 0 Å². The number of aryl methyl sites for hydroxylation is 1. The lowest BCUT2D eigenvalue weighted by Crippen LogP contribution is -2.52. The molecule has 1 aliphatic heterocycles. The van der Waals surface area contributed by atoms with Gasteiger partial charge in [0.25, 0.3) is 0 Å². The fraction of sp³-hybridized carbons (Fsp3) is 0.438. The molecule has 1 saturated heterocycles. The van der Waals surface area contributed by atoms with Crippen molar-refractivity contribution in [1.82, 2.24) is 25.5 Å². The van der Waals surface area contributed by atoms with E-state index in [4.69, 9.17) is 4.52 Å². The van der Waals surface area contributed by atoms with E-state index >= 15 is 0 Å². The Kier molecular flexibility index (Phi) is 5.17. The van der Waals surface area contributed by atoms with Crippen LogP contribution in [0, 0.1) is 5.82 Å². The van der Waals surface area contributed by atoms with Crippen LogP contribution in [0.25, 0.3) is 11.4 Å². The van der Waals surface area contributed by atoms with Gasteiger partial charge < -0.3 is 9.42 Å². The van der Waals surface area contributed by atoms with Crippen LogP contribution in [0.5, 0.6) is 0 Å². The average Bonchev–Trinajstić information content (AvgIpc) is 3.05. The van der Waals surface area contributed by atoms with Gasteiger partial charge in [-0.3, -0.25) is 10.2 Å². The van der Waals surface area contributed by atoms with Gasteiger partial charge in [-0.2, -0.15) is 4.98 Å². The Morgan fingerprint density at radius 3 is 2.67 bits per heavy atom.